The number of hydrogen-bond acceptors (Lipinski definition) is 5. The minimum absolute atomic E-state index is 0.574. The average Bonchev–Trinajstić information content (AvgIpc) is 2.58. The SMILES string of the molecule is CC1CN(CCc2nnc(N)s2)C1C. The van der Waals surface area contributed by atoms with Crippen LogP contribution in [0.2, 0.25) is 0 Å². The molecule has 1 aromatic heterocycles. The van der Waals surface area contributed by atoms with Crippen LogP contribution in [0.25, 0.3) is 0 Å². The first-order valence-electron chi connectivity index (χ1n) is 4.98. The average molecular weight is 212 g/mol. The van der Waals surface area contributed by atoms with E-state index in [2.05, 4.69) is 28.9 Å². The molecule has 2 heterocycles. The van der Waals surface area contributed by atoms with Crippen LogP contribution in [0.3, 0.4) is 0 Å². The molecule has 1 fully saturated rings. The van der Waals surface area contributed by atoms with E-state index in [0.717, 1.165) is 29.9 Å². The van der Waals surface area contributed by atoms with E-state index in [1.165, 1.54) is 17.9 Å². The number of aromatic nitrogens is 2. The Bertz CT molecular complexity index is 312. The van der Waals surface area contributed by atoms with Gasteiger partial charge in [-0.05, 0) is 12.8 Å². The van der Waals surface area contributed by atoms with Crippen LogP contribution in [-0.4, -0.2) is 34.2 Å². The van der Waals surface area contributed by atoms with Crippen LogP contribution in [0.5, 0.6) is 0 Å². The highest BCUT2D eigenvalue weighted by atomic mass is 32.1. The Morgan fingerprint density at radius 2 is 2.29 bits per heavy atom. The van der Waals surface area contributed by atoms with Gasteiger partial charge < -0.3 is 5.73 Å². The molecular weight excluding hydrogens is 196 g/mol. The van der Waals surface area contributed by atoms with Gasteiger partial charge in [-0.3, -0.25) is 4.90 Å². The minimum Gasteiger partial charge on any atom is -0.374 e. The third-order valence-electron chi connectivity index (χ3n) is 3.02. The van der Waals surface area contributed by atoms with Crippen molar-refractivity contribution in [3.8, 4) is 0 Å². The van der Waals surface area contributed by atoms with Gasteiger partial charge in [-0.25, -0.2) is 0 Å². The Labute approximate surface area is 88.1 Å². The van der Waals surface area contributed by atoms with Gasteiger partial charge in [0.15, 0.2) is 0 Å². The van der Waals surface area contributed by atoms with Gasteiger partial charge in [0, 0.05) is 25.6 Å². The number of likely N-dealkylation sites (tertiary alicyclic amines) is 1. The molecule has 14 heavy (non-hydrogen) atoms. The van der Waals surface area contributed by atoms with Crippen molar-refractivity contribution in [2.75, 3.05) is 18.8 Å². The summed E-state index contributed by atoms with van der Waals surface area (Å²) < 4.78 is 0. The number of anilines is 1. The van der Waals surface area contributed by atoms with Gasteiger partial charge in [0.25, 0.3) is 0 Å². The van der Waals surface area contributed by atoms with Crippen LogP contribution >= 0.6 is 11.3 Å². The molecule has 78 valence electrons. The molecule has 2 N–H and O–H groups in total. The fourth-order valence-electron chi connectivity index (χ4n) is 1.81. The lowest BCUT2D eigenvalue weighted by molar-refractivity contribution is 0.0399. The highest BCUT2D eigenvalue weighted by Gasteiger charge is 2.30. The van der Waals surface area contributed by atoms with Crippen molar-refractivity contribution in [1.82, 2.24) is 15.1 Å². The van der Waals surface area contributed by atoms with Crippen molar-refractivity contribution in [1.29, 1.82) is 0 Å². The topological polar surface area (TPSA) is 55.0 Å². The van der Waals surface area contributed by atoms with Gasteiger partial charge in [0.05, 0.1) is 0 Å². The zero-order valence-corrected chi connectivity index (χ0v) is 9.42. The van der Waals surface area contributed by atoms with E-state index in [1.54, 1.807) is 0 Å². The summed E-state index contributed by atoms with van der Waals surface area (Å²) in [5.41, 5.74) is 5.51. The van der Waals surface area contributed by atoms with Crippen LogP contribution in [0, 0.1) is 5.92 Å². The lowest BCUT2D eigenvalue weighted by Crippen LogP contribution is -2.53. The van der Waals surface area contributed by atoms with Crippen LogP contribution in [0.1, 0.15) is 18.9 Å². The van der Waals surface area contributed by atoms with Gasteiger partial charge >= 0.3 is 0 Å². The molecule has 0 amide bonds. The second-order valence-corrected chi connectivity index (χ2v) is 5.09. The summed E-state index contributed by atoms with van der Waals surface area (Å²) in [4.78, 5) is 2.47. The van der Waals surface area contributed by atoms with Gasteiger partial charge in [0.2, 0.25) is 5.13 Å². The van der Waals surface area contributed by atoms with Crippen LogP contribution < -0.4 is 5.73 Å². The van der Waals surface area contributed by atoms with E-state index in [0.29, 0.717) is 5.13 Å². The first kappa shape index (κ1) is 9.86. The zero-order valence-electron chi connectivity index (χ0n) is 8.60. The van der Waals surface area contributed by atoms with E-state index in [-0.39, 0.29) is 0 Å². The lowest BCUT2D eigenvalue weighted by Gasteiger charge is -2.44. The molecule has 2 atom stereocenters. The summed E-state index contributed by atoms with van der Waals surface area (Å²) in [6.45, 7) is 6.88. The van der Waals surface area contributed by atoms with Crippen LogP contribution in [0.15, 0.2) is 0 Å². The maximum atomic E-state index is 5.51. The van der Waals surface area contributed by atoms with Crippen molar-refractivity contribution in [3.63, 3.8) is 0 Å². The molecule has 0 saturated carbocycles. The molecule has 1 aromatic rings. The van der Waals surface area contributed by atoms with E-state index < -0.39 is 0 Å². The Hall–Kier alpha value is -0.680. The molecule has 0 aromatic carbocycles. The highest BCUT2D eigenvalue weighted by molar-refractivity contribution is 7.15. The predicted octanol–water partition coefficient (Wildman–Crippen LogP) is 1.00. The molecular formula is C9H16N4S. The number of nitrogens with two attached hydrogens (primary N) is 1. The summed E-state index contributed by atoms with van der Waals surface area (Å²) >= 11 is 1.50. The molecule has 4 nitrogen and oxygen atoms in total. The number of hydrogen-bond donors (Lipinski definition) is 1. The maximum Gasteiger partial charge on any atom is 0.203 e. The molecule has 2 unspecified atom stereocenters. The lowest BCUT2D eigenvalue weighted by atomic mass is 9.92. The number of nitrogen functional groups attached to an aromatic ring is 1. The fraction of sp³-hybridized carbons (Fsp3) is 0.778. The second kappa shape index (κ2) is 3.82. The van der Waals surface area contributed by atoms with Crippen molar-refractivity contribution in [2.24, 2.45) is 5.92 Å². The molecule has 0 spiro atoms. The minimum atomic E-state index is 0.574. The molecule has 1 aliphatic rings. The third kappa shape index (κ3) is 1.88. The first-order chi connectivity index (χ1) is 6.66. The summed E-state index contributed by atoms with van der Waals surface area (Å²) in [6.07, 6.45) is 0.978. The summed E-state index contributed by atoms with van der Waals surface area (Å²) in [5, 5.41) is 9.43. The van der Waals surface area contributed by atoms with Gasteiger partial charge in [-0.1, -0.05) is 18.3 Å². The van der Waals surface area contributed by atoms with Crippen molar-refractivity contribution in [3.05, 3.63) is 5.01 Å². The summed E-state index contributed by atoms with van der Waals surface area (Å²) in [7, 11) is 0. The first-order valence-corrected chi connectivity index (χ1v) is 5.80. The third-order valence-corrected chi connectivity index (χ3v) is 3.83. The maximum absolute atomic E-state index is 5.51. The summed E-state index contributed by atoms with van der Waals surface area (Å²) in [6, 6.07) is 0.722. The highest BCUT2D eigenvalue weighted by Crippen LogP contribution is 2.24. The molecule has 5 heteroatoms. The van der Waals surface area contributed by atoms with Gasteiger partial charge in [-0.15, -0.1) is 10.2 Å². The standard InChI is InChI=1S/C9H16N4S/c1-6-5-13(7(6)2)4-3-8-11-12-9(10)14-8/h6-7H,3-5H2,1-2H3,(H2,10,12). The monoisotopic (exact) mass is 212 g/mol. The van der Waals surface area contributed by atoms with Gasteiger partial charge in [0.1, 0.15) is 5.01 Å². The Morgan fingerprint density at radius 1 is 1.50 bits per heavy atom. The van der Waals surface area contributed by atoms with Crippen LogP contribution in [0.4, 0.5) is 5.13 Å². The van der Waals surface area contributed by atoms with E-state index in [1.807, 2.05) is 0 Å². The van der Waals surface area contributed by atoms with Gasteiger partial charge in [-0.2, -0.15) is 0 Å². The molecule has 1 aliphatic heterocycles. The normalized spacial score (nSPS) is 27.6. The zero-order chi connectivity index (χ0) is 10.1. The van der Waals surface area contributed by atoms with E-state index in [4.69, 9.17) is 5.73 Å². The largest absolute Gasteiger partial charge is 0.374 e. The van der Waals surface area contributed by atoms with E-state index >= 15 is 0 Å². The number of rotatable bonds is 3. The van der Waals surface area contributed by atoms with E-state index in [9.17, 15) is 0 Å². The molecule has 0 aliphatic carbocycles. The quantitative estimate of drug-likeness (QED) is 0.812. The molecule has 1 saturated heterocycles. The summed E-state index contributed by atoms with van der Waals surface area (Å²) in [5.74, 6) is 0.842. The molecule has 0 bridgehead atoms. The van der Waals surface area contributed by atoms with Crippen molar-refractivity contribution < 1.29 is 0 Å². The Balaban J connectivity index is 1.78. The van der Waals surface area contributed by atoms with Crippen LogP contribution in [-0.2, 0) is 6.42 Å². The molecule has 2 rings (SSSR count). The molecule has 0 radical (unpaired) electrons. The smallest absolute Gasteiger partial charge is 0.203 e. The fourth-order valence-corrected chi connectivity index (χ4v) is 2.41. The Kier molecular flexibility index (Phi) is 2.69. The predicted molar refractivity (Wildman–Crippen MR) is 58.2 cm³/mol. The van der Waals surface area contributed by atoms with Crippen molar-refractivity contribution in [2.45, 2.75) is 26.3 Å². The number of nitrogens with zero attached hydrogens (tertiary/aromatic N) is 3. The van der Waals surface area contributed by atoms with Crippen molar-refractivity contribution >= 4 is 16.5 Å². The second-order valence-electron chi connectivity index (χ2n) is 4.00. The Morgan fingerprint density at radius 3 is 2.79 bits per heavy atom.